The molecule has 1 aromatic rings. The molecule has 2 heteroatoms. The van der Waals surface area contributed by atoms with Crippen LogP contribution in [0.3, 0.4) is 0 Å². The lowest BCUT2D eigenvalue weighted by Gasteiger charge is -2.09. The predicted octanol–water partition coefficient (Wildman–Crippen LogP) is 1.48. The Hall–Kier alpha value is -1.44. The van der Waals surface area contributed by atoms with E-state index in [0.717, 1.165) is 12.4 Å². The third kappa shape index (κ3) is 1.52. The molecule has 13 heavy (non-hydrogen) atoms. The molecule has 68 valence electrons. The first-order valence-corrected chi connectivity index (χ1v) is 4.54. The Kier molecular flexibility index (Phi) is 1.97. The number of benzene rings is 1. The Morgan fingerprint density at radius 2 is 2.15 bits per heavy atom. The molecule has 0 saturated heterocycles. The van der Waals surface area contributed by atoms with Crippen molar-refractivity contribution in [3.05, 3.63) is 47.3 Å². The number of aryl methyl sites for hydroxylation is 1. The predicted molar refractivity (Wildman–Crippen MR) is 54.2 cm³/mol. The van der Waals surface area contributed by atoms with E-state index in [2.05, 4.69) is 42.6 Å². The van der Waals surface area contributed by atoms with Crippen molar-refractivity contribution in [3.8, 4) is 0 Å². The van der Waals surface area contributed by atoms with Crippen LogP contribution in [0.4, 0.5) is 0 Å². The van der Waals surface area contributed by atoms with Crippen molar-refractivity contribution in [1.82, 2.24) is 5.32 Å². The highest BCUT2D eigenvalue weighted by Crippen LogP contribution is 2.23. The van der Waals surface area contributed by atoms with Gasteiger partial charge < -0.3 is 11.1 Å². The molecule has 0 bridgehead atoms. The molecular formula is C11H14N2. The van der Waals surface area contributed by atoms with Gasteiger partial charge in [-0.25, -0.2) is 0 Å². The maximum absolute atomic E-state index is 5.66. The van der Waals surface area contributed by atoms with Crippen LogP contribution in [0.1, 0.15) is 17.0 Å². The van der Waals surface area contributed by atoms with Gasteiger partial charge >= 0.3 is 0 Å². The van der Waals surface area contributed by atoms with E-state index in [-0.39, 0.29) is 0 Å². The molecule has 1 atom stereocenters. The van der Waals surface area contributed by atoms with E-state index in [4.69, 9.17) is 5.73 Å². The molecule has 1 aromatic carbocycles. The van der Waals surface area contributed by atoms with Crippen molar-refractivity contribution >= 4 is 0 Å². The summed E-state index contributed by atoms with van der Waals surface area (Å²) < 4.78 is 0. The molecule has 1 aliphatic rings. The van der Waals surface area contributed by atoms with E-state index in [9.17, 15) is 0 Å². The van der Waals surface area contributed by atoms with Crippen LogP contribution in [0.2, 0.25) is 0 Å². The topological polar surface area (TPSA) is 38.0 Å². The van der Waals surface area contributed by atoms with E-state index >= 15 is 0 Å². The molecule has 1 aliphatic heterocycles. The third-order valence-corrected chi connectivity index (χ3v) is 2.49. The van der Waals surface area contributed by atoms with Crippen molar-refractivity contribution < 1.29 is 0 Å². The van der Waals surface area contributed by atoms with Crippen molar-refractivity contribution in [2.24, 2.45) is 5.73 Å². The van der Waals surface area contributed by atoms with Crippen LogP contribution in [-0.2, 0) is 0 Å². The van der Waals surface area contributed by atoms with Crippen LogP contribution in [0.25, 0.3) is 0 Å². The second kappa shape index (κ2) is 3.13. The maximum atomic E-state index is 5.66. The largest absolute Gasteiger partial charge is 0.386 e. The fourth-order valence-electron chi connectivity index (χ4n) is 1.76. The van der Waals surface area contributed by atoms with Crippen LogP contribution < -0.4 is 11.1 Å². The molecule has 3 N–H and O–H groups in total. The van der Waals surface area contributed by atoms with E-state index < -0.39 is 0 Å². The molecule has 0 radical (unpaired) electrons. The van der Waals surface area contributed by atoms with Gasteiger partial charge in [0.1, 0.15) is 0 Å². The number of rotatable bonds is 1. The first-order chi connectivity index (χ1) is 6.27. The SMILES string of the molecule is Cc1ccccc1C1C=C(N)NC1. The van der Waals surface area contributed by atoms with Crippen LogP contribution in [-0.4, -0.2) is 6.54 Å². The summed E-state index contributed by atoms with van der Waals surface area (Å²) in [6.07, 6.45) is 2.09. The van der Waals surface area contributed by atoms with Crippen LogP contribution in [0, 0.1) is 6.92 Å². The molecule has 2 rings (SSSR count). The van der Waals surface area contributed by atoms with Gasteiger partial charge in [0.05, 0.1) is 5.82 Å². The highest BCUT2D eigenvalue weighted by molar-refractivity contribution is 5.34. The molecular weight excluding hydrogens is 160 g/mol. The number of nitrogens with two attached hydrogens (primary N) is 1. The Balaban J connectivity index is 2.31. The summed E-state index contributed by atoms with van der Waals surface area (Å²) in [5.74, 6) is 1.24. The van der Waals surface area contributed by atoms with Gasteiger partial charge in [-0.2, -0.15) is 0 Å². The van der Waals surface area contributed by atoms with Crippen molar-refractivity contribution in [1.29, 1.82) is 0 Å². The van der Waals surface area contributed by atoms with Crippen molar-refractivity contribution in [3.63, 3.8) is 0 Å². The third-order valence-electron chi connectivity index (χ3n) is 2.49. The van der Waals surface area contributed by atoms with Crippen molar-refractivity contribution in [2.75, 3.05) is 6.54 Å². The number of hydrogen-bond donors (Lipinski definition) is 2. The van der Waals surface area contributed by atoms with E-state index in [1.165, 1.54) is 11.1 Å². The van der Waals surface area contributed by atoms with Crippen LogP contribution >= 0.6 is 0 Å². The highest BCUT2D eigenvalue weighted by Gasteiger charge is 2.16. The zero-order valence-corrected chi connectivity index (χ0v) is 7.75. The van der Waals surface area contributed by atoms with Gasteiger partial charge in [-0.3, -0.25) is 0 Å². The standard InChI is InChI=1S/C11H14N2/c1-8-4-2-3-5-10(8)9-6-11(12)13-7-9/h2-6,9,13H,7,12H2,1H3. The fraction of sp³-hybridized carbons (Fsp3) is 0.273. The van der Waals surface area contributed by atoms with Gasteiger partial charge in [-0.15, -0.1) is 0 Å². The first kappa shape index (κ1) is 8.17. The van der Waals surface area contributed by atoms with Crippen LogP contribution in [0.5, 0.6) is 0 Å². The van der Waals surface area contributed by atoms with Gasteiger partial charge in [0.15, 0.2) is 0 Å². The lowest BCUT2D eigenvalue weighted by Crippen LogP contribution is -2.16. The highest BCUT2D eigenvalue weighted by atomic mass is 15.0. The van der Waals surface area contributed by atoms with Gasteiger partial charge in [-0.1, -0.05) is 24.3 Å². The molecule has 0 aromatic heterocycles. The summed E-state index contributed by atoms with van der Waals surface area (Å²) in [6, 6.07) is 8.44. The average Bonchev–Trinajstić information content (AvgIpc) is 2.53. The molecule has 0 fully saturated rings. The molecule has 2 nitrogen and oxygen atoms in total. The molecule has 1 heterocycles. The lowest BCUT2D eigenvalue weighted by atomic mass is 9.96. The molecule has 0 aliphatic carbocycles. The smallest absolute Gasteiger partial charge is 0.0926 e. The summed E-state index contributed by atoms with van der Waals surface area (Å²) in [7, 11) is 0. The second-order valence-corrected chi connectivity index (χ2v) is 3.47. The Bertz CT molecular complexity index is 342. The minimum atomic E-state index is 0.446. The Labute approximate surface area is 78.5 Å². The van der Waals surface area contributed by atoms with E-state index in [1.54, 1.807) is 0 Å². The van der Waals surface area contributed by atoms with Crippen LogP contribution in [0.15, 0.2) is 36.2 Å². The summed E-state index contributed by atoms with van der Waals surface area (Å²) >= 11 is 0. The summed E-state index contributed by atoms with van der Waals surface area (Å²) in [6.45, 7) is 3.06. The zero-order valence-electron chi connectivity index (χ0n) is 7.75. The number of nitrogens with one attached hydrogen (secondary N) is 1. The fourth-order valence-corrected chi connectivity index (χ4v) is 1.76. The van der Waals surface area contributed by atoms with E-state index in [1.807, 2.05) is 0 Å². The first-order valence-electron chi connectivity index (χ1n) is 4.54. The quantitative estimate of drug-likeness (QED) is 0.676. The summed E-state index contributed by atoms with van der Waals surface area (Å²) in [5.41, 5.74) is 8.37. The minimum Gasteiger partial charge on any atom is -0.386 e. The zero-order chi connectivity index (χ0) is 9.26. The minimum absolute atomic E-state index is 0.446. The van der Waals surface area contributed by atoms with Gasteiger partial charge in [0.25, 0.3) is 0 Å². The van der Waals surface area contributed by atoms with Gasteiger partial charge in [0, 0.05) is 12.5 Å². The van der Waals surface area contributed by atoms with Gasteiger partial charge in [-0.05, 0) is 24.1 Å². The second-order valence-electron chi connectivity index (χ2n) is 3.47. The van der Waals surface area contributed by atoms with Gasteiger partial charge in [0.2, 0.25) is 0 Å². The summed E-state index contributed by atoms with van der Waals surface area (Å²) in [5, 5.41) is 3.13. The Morgan fingerprint density at radius 1 is 1.38 bits per heavy atom. The molecule has 0 saturated carbocycles. The normalized spacial score (nSPS) is 21.0. The molecule has 0 spiro atoms. The average molecular weight is 174 g/mol. The lowest BCUT2D eigenvalue weighted by molar-refractivity contribution is 0.787. The Morgan fingerprint density at radius 3 is 2.77 bits per heavy atom. The number of hydrogen-bond acceptors (Lipinski definition) is 2. The maximum Gasteiger partial charge on any atom is 0.0926 e. The van der Waals surface area contributed by atoms with E-state index in [0.29, 0.717) is 5.92 Å². The van der Waals surface area contributed by atoms with Crippen molar-refractivity contribution in [2.45, 2.75) is 12.8 Å². The monoisotopic (exact) mass is 174 g/mol. The summed E-state index contributed by atoms with van der Waals surface area (Å²) in [4.78, 5) is 0. The molecule has 0 amide bonds. The molecule has 1 unspecified atom stereocenters.